The Balaban J connectivity index is 0.000000175. The molecule has 0 atom stereocenters. The number of rotatable bonds is 15. The van der Waals surface area contributed by atoms with Crippen LogP contribution in [0.3, 0.4) is 0 Å². The van der Waals surface area contributed by atoms with Gasteiger partial charge < -0.3 is 28.4 Å². The van der Waals surface area contributed by atoms with Crippen molar-refractivity contribution in [3.8, 4) is 34.5 Å². The van der Waals surface area contributed by atoms with Crippen molar-refractivity contribution in [1.29, 1.82) is 0 Å². The average Bonchev–Trinajstić information content (AvgIpc) is 3.50. The second-order valence-corrected chi connectivity index (χ2v) is 18.3. The molecule has 0 unspecified atom stereocenters. The Morgan fingerprint density at radius 1 is 0.296 bits per heavy atom. The van der Waals surface area contributed by atoms with Crippen molar-refractivity contribution in [3.05, 3.63) is 177 Å². The number of aryl methyl sites for hydroxylation is 3. The third kappa shape index (κ3) is 13.8. The van der Waals surface area contributed by atoms with Crippen LogP contribution in [0.5, 0.6) is 34.5 Å². The molecule has 81 heavy (non-hydrogen) atoms. The fourth-order valence-electron chi connectivity index (χ4n) is 7.70. The average molecular weight is 1150 g/mol. The molecule has 9 rings (SSSR count). The summed E-state index contributed by atoms with van der Waals surface area (Å²) in [6.45, 7) is 5.47. The maximum absolute atomic E-state index is 13.2. The summed E-state index contributed by atoms with van der Waals surface area (Å²) in [6, 6.07) is 29.6. The fraction of sp³-hybridized carbons (Fsp3) is 0.263. The van der Waals surface area contributed by atoms with E-state index >= 15 is 0 Å². The highest BCUT2D eigenvalue weighted by Gasteiger charge is 2.68. The van der Waals surface area contributed by atoms with E-state index in [0.29, 0.717) is 16.7 Å². The largest absolute Gasteiger partial charge is 0.507 e. The van der Waals surface area contributed by atoms with Gasteiger partial charge in [-0.05, 0) is 87.0 Å². The number of fused-ring (bicyclic) bond motifs is 3. The Kier molecular flexibility index (Phi) is 17.2. The molecular formula is C57H42F12O12. The summed E-state index contributed by atoms with van der Waals surface area (Å²) >= 11 is 0. The first-order valence-corrected chi connectivity index (χ1v) is 24.0. The Bertz CT molecular complexity index is 3420. The Morgan fingerprint density at radius 2 is 0.593 bits per heavy atom. The van der Waals surface area contributed by atoms with E-state index in [1.165, 1.54) is 0 Å². The molecule has 6 aromatic carbocycles. The molecule has 0 N–H and O–H groups in total. The third-order valence-electron chi connectivity index (χ3n) is 12.1. The van der Waals surface area contributed by atoms with Gasteiger partial charge in [0.2, 0.25) is 0 Å². The Morgan fingerprint density at radius 3 is 0.938 bits per heavy atom. The van der Waals surface area contributed by atoms with Gasteiger partial charge in [0.15, 0.2) is 69.2 Å². The lowest BCUT2D eigenvalue weighted by Crippen LogP contribution is -2.52. The van der Waals surface area contributed by atoms with Gasteiger partial charge in [-0.25, -0.2) is 0 Å². The van der Waals surface area contributed by atoms with Crippen LogP contribution in [0, 0.1) is 20.8 Å². The first kappa shape index (κ1) is 60.0. The van der Waals surface area contributed by atoms with Crippen LogP contribution in [0.15, 0.2) is 127 Å². The molecule has 3 heterocycles. The lowest BCUT2D eigenvalue weighted by molar-refractivity contribution is -0.391. The van der Waals surface area contributed by atoms with E-state index in [0.717, 1.165) is 71.3 Å². The minimum absolute atomic E-state index is 0.0454. The van der Waals surface area contributed by atoms with E-state index in [1.807, 2.05) is 19.9 Å². The maximum Gasteiger partial charge on any atom is 0.507 e. The van der Waals surface area contributed by atoms with Crippen LogP contribution in [0.4, 0.5) is 52.7 Å². The molecule has 24 heteroatoms. The number of hydrogen-bond acceptors (Lipinski definition) is 12. The van der Waals surface area contributed by atoms with E-state index in [-0.39, 0.29) is 72.6 Å². The third-order valence-corrected chi connectivity index (χ3v) is 12.1. The second kappa shape index (κ2) is 23.2. The van der Waals surface area contributed by atoms with E-state index in [4.69, 9.17) is 0 Å². The van der Waals surface area contributed by atoms with Crippen molar-refractivity contribution in [3.63, 3.8) is 0 Å². The van der Waals surface area contributed by atoms with Crippen molar-refractivity contribution >= 4 is 34.7 Å². The van der Waals surface area contributed by atoms with Crippen LogP contribution >= 0.6 is 0 Å². The molecule has 12 nitrogen and oxygen atoms in total. The SMILES string of the molecule is Cc1ccc(C(=O)CCC(=O)c2ccc3c(c2)OC(F)(F)C(F)(F)O3)cc1.Cc1cccc(C(=O)CCC(=O)c2ccc3c(c2)OC(F)(F)C(F)(F)O3)c1.Cc1ccccc1C(=O)CCC(=O)c1ccc2c(c1)OC(F)(F)C(F)(F)O2. The van der Waals surface area contributed by atoms with Gasteiger partial charge in [-0.15, -0.1) is 0 Å². The van der Waals surface area contributed by atoms with Crippen molar-refractivity contribution in [2.75, 3.05) is 0 Å². The fourth-order valence-corrected chi connectivity index (χ4v) is 7.70. The molecule has 0 spiro atoms. The first-order chi connectivity index (χ1) is 37.8. The molecule has 0 aromatic heterocycles. The van der Waals surface area contributed by atoms with Crippen LogP contribution in [0.1, 0.15) is 117 Å². The molecule has 0 bridgehead atoms. The molecular weight excluding hydrogens is 1100 g/mol. The molecule has 0 saturated heterocycles. The van der Waals surface area contributed by atoms with Gasteiger partial charge in [0.05, 0.1) is 0 Å². The smallest absolute Gasteiger partial charge is 0.421 e. The number of ether oxygens (including phenoxy) is 6. The molecule has 0 fully saturated rings. The summed E-state index contributed by atoms with van der Waals surface area (Å²) in [4.78, 5) is 73.2. The monoisotopic (exact) mass is 1150 g/mol. The standard InChI is InChI=1S/3C19H14F4O4/c1-11-2-4-12(5-3-11)14(24)7-8-15(25)13-6-9-16-17(10-13)27-19(22,23)18(20,21)26-16;1-11-3-2-4-12(9-11)14(24)6-7-15(25)13-5-8-16-17(10-13)27-19(22,23)18(20,21)26-16;1-11-4-2-3-5-13(11)15(25)8-7-14(24)12-6-9-16-17(10-12)27-19(22,23)18(20,21)26-16/h2-6,9-10H,7-8H2,1H3;2-5,8-10H,6-7H2,1H3;2-6,9-10H,7-8H2,1H3. The minimum atomic E-state index is -4.86. The highest BCUT2D eigenvalue weighted by Crippen LogP contribution is 2.50. The number of halogens is 12. The first-order valence-electron chi connectivity index (χ1n) is 24.0. The topological polar surface area (TPSA) is 158 Å². The predicted molar refractivity (Wildman–Crippen MR) is 260 cm³/mol. The molecule has 3 aliphatic heterocycles. The maximum atomic E-state index is 13.2. The zero-order chi connectivity index (χ0) is 59.5. The number of hydrogen-bond donors (Lipinski definition) is 0. The van der Waals surface area contributed by atoms with Crippen molar-refractivity contribution in [2.45, 2.75) is 95.9 Å². The zero-order valence-corrected chi connectivity index (χ0v) is 42.3. The summed E-state index contributed by atoms with van der Waals surface area (Å²) in [5.74, 6) is -6.04. The Hall–Kier alpha value is -8.70. The van der Waals surface area contributed by atoms with Crippen LogP contribution in [-0.4, -0.2) is 71.4 Å². The van der Waals surface area contributed by atoms with Crippen LogP contribution in [0.25, 0.3) is 0 Å². The van der Waals surface area contributed by atoms with Crippen molar-refractivity contribution in [2.24, 2.45) is 0 Å². The van der Waals surface area contributed by atoms with E-state index in [1.54, 1.807) is 73.7 Å². The lowest BCUT2D eigenvalue weighted by Gasteiger charge is -2.31. The minimum Gasteiger partial charge on any atom is -0.421 e. The quantitative estimate of drug-likeness (QED) is 0.0709. The molecule has 6 aromatic rings. The van der Waals surface area contributed by atoms with E-state index < -0.39 is 88.5 Å². The molecule has 0 saturated carbocycles. The van der Waals surface area contributed by atoms with E-state index in [9.17, 15) is 81.5 Å². The number of benzene rings is 6. The van der Waals surface area contributed by atoms with Crippen molar-refractivity contribution in [1.82, 2.24) is 0 Å². The van der Waals surface area contributed by atoms with Gasteiger partial charge in [-0.1, -0.05) is 77.9 Å². The van der Waals surface area contributed by atoms with Crippen molar-refractivity contribution < 1.29 is 110 Å². The highest BCUT2D eigenvalue weighted by molar-refractivity contribution is 6.04. The number of carbonyl (C=O) groups is 6. The summed E-state index contributed by atoms with van der Waals surface area (Å²) in [6.07, 6.45) is -29.8. The predicted octanol–water partition coefficient (Wildman–Crippen LogP) is 14.4. The number of ketones is 6. The molecule has 3 aliphatic rings. The van der Waals surface area contributed by atoms with Gasteiger partial charge in [0.25, 0.3) is 0 Å². The van der Waals surface area contributed by atoms with Crippen LogP contribution in [-0.2, 0) is 0 Å². The zero-order valence-electron chi connectivity index (χ0n) is 42.3. The van der Waals surface area contributed by atoms with Crippen LogP contribution in [0.2, 0.25) is 0 Å². The highest BCUT2D eigenvalue weighted by atomic mass is 19.3. The Labute approximate surface area is 451 Å². The summed E-state index contributed by atoms with van der Waals surface area (Å²) < 4.78 is 182. The molecule has 0 amide bonds. The summed E-state index contributed by atoms with van der Waals surface area (Å²) in [7, 11) is 0. The van der Waals surface area contributed by atoms with Crippen LogP contribution < -0.4 is 28.4 Å². The number of Topliss-reactive ketones (excluding diaryl/α,β-unsaturated/α-hetero) is 6. The summed E-state index contributed by atoms with van der Waals surface area (Å²) in [5, 5.41) is 0. The summed E-state index contributed by atoms with van der Waals surface area (Å²) in [5.41, 5.74) is 3.94. The van der Waals surface area contributed by atoms with Gasteiger partial charge in [0.1, 0.15) is 0 Å². The normalized spacial score (nSPS) is 16.6. The number of carbonyl (C=O) groups excluding carboxylic acids is 6. The van der Waals surface area contributed by atoms with Gasteiger partial charge >= 0.3 is 36.7 Å². The molecule has 426 valence electrons. The lowest BCUT2D eigenvalue weighted by atomic mass is 9.98. The van der Waals surface area contributed by atoms with Gasteiger partial charge in [0, 0.05) is 71.9 Å². The van der Waals surface area contributed by atoms with Gasteiger partial charge in [-0.2, -0.15) is 52.7 Å². The molecule has 0 radical (unpaired) electrons. The number of alkyl halides is 12. The molecule has 0 aliphatic carbocycles. The second-order valence-electron chi connectivity index (χ2n) is 18.3. The van der Waals surface area contributed by atoms with Gasteiger partial charge in [-0.3, -0.25) is 28.8 Å². The van der Waals surface area contributed by atoms with E-state index in [2.05, 4.69) is 28.4 Å².